The van der Waals surface area contributed by atoms with Gasteiger partial charge in [-0.25, -0.2) is 4.68 Å². The number of nitrogens with zero attached hydrogens (tertiary/aromatic N) is 5. The molecule has 2 aliphatic rings. The van der Waals surface area contributed by atoms with Crippen molar-refractivity contribution in [3.05, 3.63) is 72.1 Å². The number of anilines is 2. The Labute approximate surface area is 269 Å². The second-order valence-electron chi connectivity index (χ2n) is 12.1. The highest BCUT2D eigenvalue weighted by molar-refractivity contribution is 5.74. The summed E-state index contributed by atoms with van der Waals surface area (Å²) in [5, 5.41) is 16.9. The van der Waals surface area contributed by atoms with E-state index in [9.17, 15) is 23.1 Å². The van der Waals surface area contributed by atoms with Crippen LogP contribution in [0.5, 0.6) is 11.6 Å². The quantitative estimate of drug-likeness (QED) is 0.217. The van der Waals surface area contributed by atoms with Crippen LogP contribution in [0.15, 0.2) is 60.8 Å². The second kappa shape index (κ2) is 12.7. The van der Waals surface area contributed by atoms with Crippen LogP contribution in [-0.2, 0) is 4.79 Å². The molecule has 2 fully saturated rings. The first kappa shape index (κ1) is 32.1. The maximum absolute atomic E-state index is 14.9. The van der Waals surface area contributed by atoms with Gasteiger partial charge in [0.15, 0.2) is 0 Å². The van der Waals surface area contributed by atoms with Crippen molar-refractivity contribution in [2.24, 2.45) is 5.41 Å². The first-order chi connectivity index (χ1) is 22.4. The van der Waals surface area contributed by atoms with Crippen molar-refractivity contribution in [3.8, 4) is 28.4 Å². The summed E-state index contributed by atoms with van der Waals surface area (Å²) in [6, 6.07) is 14.5. The third-order valence-electron chi connectivity index (χ3n) is 8.81. The maximum Gasteiger partial charge on any atom is 0.429 e. The average molecular weight is 652 g/mol. The van der Waals surface area contributed by atoms with Gasteiger partial charge in [0.05, 0.1) is 18.0 Å². The number of benzene rings is 2. The number of rotatable bonds is 9. The normalized spacial score (nSPS) is 18.3. The van der Waals surface area contributed by atoms with Crippen molar-refractivity contribution < 1.29 is 32.5 Å². The van der Waals surface area contributed by atoms with Gasteiger partial charge >= 0.3 is 12.1 Å². The molecule has 47 heavy (non-hydrogen) atoms. The molecular weight excluding hydrogens is 615 g/mol. The minimum absolute atomic E-state index is 0.156. The van der Waals surface area contributed by atoms with Crippen molar-refractivity contribution in [2.75, 3.05) is 36.9 Å². The number of alkyl halides is 3. The van der Waals surface area contributed by atoms with Gasteiger partial charge in [-0.05, 0) is 73.9 Å². The lowest BCUT2D eigenvalue weighted by atomic mass is 9.76. The summed E-state index contributed by atoms with van der Waals surface area (Å²) in [5.41, 5.74) is 7.92. The molecular formula is C33H36F3N7O4. The summed E-state index contributed by atoms with van der Waals surface area (Å²) in [6.07, 6.45) is -3.72. The number of aliphatic carboxylic acids is 1. The molecule has 4 aromatic rings. The number of carboxylic acid groups (broad SMARTS) is 1. The topological polar surface area (TPSA) is 141 Å². The average Bonchev–Trinajstić information content (AvgIpc) is 3.66. The van der Waals surface area contributed by atoms with Gasteiger partial charge in [0, 0.05) is 37.5 Å². The molecule has 4 heterocycles. The van der Waals surface area contributed by atoms with Crippen molar-refractivity contribution in [3.63, 3.8) is 0 Å². The summed E-state index contributed by atoms with van der Waals surface area (Å²) in [4.78, 5) is 21.7. The van der Waals surface area contributed by atoms with E-state index in [4.69, 9.17) is 15.2 Å². The summed E-state index contributed by atoms with van der Waals surface area (Å²) in [7, 11) is 0. The van der Waals surface area contributed by atoms with E-state index >= 15 is 0 Å². The van der Waals surface area contributed by atoms with Crippen LogP contribution in [0.1, 0.15) is 43.5 Å². The molecule has 0 radical (unpaired) electrons. The van der Waals surface area contributed by atoms with Gasteiger partial charge in [-0.15, -0.1) is 0 Å². The Kier molecular flexibility index (Phi) is 8.70. The van der Waals surface area contributed by atoms with Crippen molar-refractivity contribution in [1.29, 1.82) is 0 Å². The van der Waals surface area contributed by atoms with E-state index in [0.29, 0.717) is 68.3 Å². The molecule has 248 valence electrons. The number of ether oxygens (including phenoxy) is 2. The maximum atomic E-state index is 14.9. The first-order valence-electron chi connectivity index (χ1n) is 15.4. The number of halogens is 3. The van der Waals surface area contributed by atoms with E-state index in [0.717, 1.165) is 5.56 Å². The standard InChI is InChI=1S/C33H36F3N7O4/c1-3-46-23-6-4-5-21(15-23)22-7-8-24(26(16-22)43-12-9-20(2)41-43)29(33(34,35)36)47-28-17-27(39-31(37)40-28)42-13-10-32(11-14-42)18-25(30(44)45)38-19-32/h4-9,12,15-17,25,29,38H,3,10-11,13-14,18-19H2,1-2H3,(H,44,45)(H2,37,39,40)/t25-,29+/m0/s1. The number of nitrogen functional groups attached to an aromatic ring is 1. The Balaban J connectivity index is 1.31. The van der Waals surface area contributed by atoms with Crippen LogP contribution in [0.2, 0.25) is 0 Å². The minimum Gasteiger partial charge on any atom is -0.494 e. The van der Waals surface area contributed by atoms with Gasteiger partial charge in [-0.3, -0.25) is 4.79 Å². The number of hydrogen-bond acceptors (Lipinski definition) is 9. The molecule has 6 rings (SSSR count). The van der Waals surface area contributed by atoms with Crippen LogP contribution in [-0.4, -0.2) is 69.3 Å². The number of piperidine rings is 1. The number of nitrogens with one attached hydrogen (secondary N) is 1. The highest BCUT2D eigenvalue weighted by Gasteiger charge is 2.46. The van der Waals surface area contributed by atoms with Crippen molar-refractivity contribution in [2.45, 2.75) is 51.4 Å². The monoisotopic (exact) mass is 651 g/mol. The fourth-order valence-corrected chi connectivity index (χ4v) is 6.39. The zero-order valence-electron chi connectivity index (χ0n) is 26.0. The number of carbonyl (C=O) groups is 1. The van der Waals surface area contributed by atoms with Gasteiger partial charge in [-0.2, -0.15) is 28.2 Å². The van der Waals surface area contributed by atoms with Crippen LogP contribution in [0.25, 0.3) is 16.8 Å². The van der Waals surface area contributed by atoms with E-state index in [1.54, 1.807) is 31.3 Å². The first-order valence-corrected chi connectivity index (χ1v) is 15.4. The van der Waals surface area contributed by atoms with Gasteiger partial charge in [-0.1, -0.05) is 24.3 Å². The molecule has 2 aliphatic heterocycles. The Hall–Kier alpha value is -4.85. The fourth-order valence-electron chi connectivity index (χ4n) is 6.39. The summed E-state index contributed by atoms with van der Waals surface area (Å²) >= 11 is 0. The zero-order valence-corrected chi connectivity index (χ0v) is 26.0. The SMILES string of the molecule is CCOc1cccc(-c2ccc([C@@H](Oc3cc(N4CCC5(CC4)CN[C@H](C(=O)O)C5)nc(N)n3)C(F)(F)F)c(-n3ccc(C)n3)c2)c1. The third kappa shape index (κ3) is 6.97. The van der Waals surface area contributed by atoms with E-state index in [-0.39, 0.29) is 28.5 Å². The Morgan fingerprint density at radius 1 is 1.13 bits per heavy atom. The van der Waals surface area contributed by atoms with Crippen LogP contribution >= 0.6 is 0 Å². The van der Waals surface area contributed by atoms with Crippen LogP contribution in [0.4, 0.5) is 24.9 Å². The molecule has 0 bridgehead atoms. The lowest BCUT2D eigenvalue weighted by Gasteiger charge is -2.39. The van der Waals surface area contributed by atoms with Crippen LogP contribution < -0.4 is 25.4 Å². The Morgan fingerprint density at radius 3 is 2.55 bits per heavy atom. The number of aryl methyl sites for hydroxylation is 1. The lowest BCUT2D eigenvalue weighted by molar-refractivity contribution is -0.198. The van der Waals surface area contributed by atoms with Crippen molar-refractivity contribution in [1.82, 2.24) is 25.1 Å². The molecule has 1 spiro atoms. The number of aromatic nitrogens is 4. The molecule has 2 aromatic heterocycles. The van der Waals surface area contributed by atoms with Gasteiger partial charge in [0.1, 0.15) is 17.6 Å². The number of carboxylic acids is 1. The molecule has 4 N–H and O–H groups in total. The highest BCUT2D eigenvalue weighted by atomic mass is 19.4. The molecule has 0 amide bonds. The molecule has 2 aromatic carbocycles. The zero-order chi connectivity index (χ0) is 33.3. The van der Waals surface area contributed by atoms with Crippen LogP contribution in [0.3, 0.4) is 0 Å². The van der Waals surface area contributed by atoms with E-state index in [1.165, 1.54) is 16.8 Å². The van der Waals surface area contributed by atoms with Gasteiger partial charge in [0.25, 0.3) is 0 Å². The predicted octanol–water partition coefficient (Wildman–Crippen LogP) is 5.33. The summed E-state index contributed by atoms with van der Waals surface area (Å²) < 4.78 is 57.3. The summed E-state index contributed by atoms with van der Waals surface area (Å²) in [6.45, 7) is 5.76. The summed E-state index contributed by atoms with van der Waals surface area (Å²) in [5.74, 6) is -0.423. The fraction of sp³-hybridized carbons (Fsp3) is 0.394. The highest BCUT2D eigenvalue weighted by Crippen LogP contribution is 2.43. The van der Waals surface area contributed by atoms with E-state index in [1.807, 2.05) is 36.1 Å². The third-order valence-corrected chi connectivity index (χ3v) is 8.81. The number of nitrogens with two attached hydrogens (primary N) is 1. The molecule has 14 heteroatoms. The molecule has 0 unspecified atom stereocenters. The van der Waals surface area contributed by atoms with E-state index in [2.05, 4.69) is 20.4 Å². The largest absolute Gasteiger partial charge is 0.494 e. The van der Waals surface area contributed by atoms with Crippen LogP contribution in [0, 0.1) is 12.3 Å². The smallest absolute Gasteiger partial charge is 0.429 e. The molecule has 11 nitrogen and oxygen atoms in total. The molecule has 2 saturated heterocycles. The molecule has 0 aliphatic carbocycles. The molecule has 2 atom stereocenters. The van der Waals surface area contributed by atoms with Gasteiger partial charge in [0.2, 0.25) is 17.9 Å². The lowest BCUT2D eigenvalue weighted by Crippen LogP contribution is -2.41. The Bertz CT molecular complexity index is 1750. The molecule has 0 saturated carbocycles. The van der Waals surface area contributed by atoms with E-state index < -0.39 is 24.3 Å². The Morgan fingerprint density at radius 2 is 1.89 bits per heavy atom. The minimum atomic E-state index is -4.83. The number of hydrogen-bond donors (Lipinski definition) is 3. The van der Waals surface area contributed by atoms with Crippen molar-refractivity contribution >= 4 is 17.7 Å². The second-order valence-corrected chi connectivity index (χ2v) is 12.1. The predicted molar refractivity (Wildman–Crippen MR) is 169 cm³/mol. The van der Waals surface area contributed by atoms with Gasteiger partial charge < -0.3 is 30.5 Å².